The van der Waals surface area contributed by atoms with E-state index in [4.69, 9.17) is 14.2 Å². The number of unbranched alkanes of at least 4 members (excludes halogenated alkanes) is 18. The molecule has 0 radical (unpaired) electrons. The van der Waals surface area contributed by atoms with Gasteiger partial charge in [0.25, 0.3) is 0 Å². The van der Waals surface area contributed by atoms with Crippen LogP contribution in [0.4, 0.5) is 0 Å². The minimum Gasteiger partial charge on any atom is -0.462 e. The van der Waals surface area contributed by atoms with Crippen LogP contribution in [0.1, 0.15) is 239 Å². The molecule has 1 atom stereocenters. The summed E-state index contributed by atoms with van der Waals surface area (Å²) in [6.07, 6.45) is 81.8. The van der Waals surface area contributed by atoms with Crippen molar-refractivity contribution >= 4 is 17.9 Å². The molecule has 0 bridgehead atoms. The summed E-state index contributed by atoms with van der Waals surface area (Å²) in [6.45, 7) is 6.29. The summed E-state index contributed by atoms with van der Waals surface area (Å²) in [5.41, 5.74) is 0. The van der Waals surface area contributed by atoms with Crippen LogP contribution in [0.3, 0.4) is 0 Å². The van der Waals surface area contributed by atoms with Crippen LogP contribution >= 0.6 is 0 Å². The molecule has 0 amide bonds. The second-order valence-corrected chi connectivity index (χ2v) is 18.4. The van der Waals surface area contributed by atoms with Crippen LogP contribution in [0, 0.1) is 0 Å². The summed E-state index contributed by atoms with van der Waals surface area (Å²) in [5.74, 6) is -1.08. The van der Waals surface area contributed by atoms with Gasteiger partial charge in [-0.15, -0.1) is 0 Å². The summed E-state index contributed by atoms with van der Waals surface area (Å²) >= 11 is 0. The molecular weight excluding hydrogens is 877 g/mol. The van der Waals surface area contributed by atoms with E-state index in [1.165, 1.54) is 77.0 Å². The van der Waals surface area contributed by atoms with Crippen molar-refractivity contribution in [3.05, 3.63) is 134 Å². The molecule has 0 aromatic carbocycles. The van der Waals surface area contributed by atoms with E-state index >= 15 is 0 Å². The smallest absolute Gasteiger partial charge is 0.310 e. The Morgan fingerprint density at radius 2 is 0.592 bits per heavy atom. The molecule has 0 aromatic heterocycles. The summed E-state index contributed by atoms with van der Waals surface area (Å²) in [4.78, 5) is 38.1. The maximum absolute atomic E-state index is 12.8. The predicted molar refractivity (Wildman–Crippen MR) is 306 cm³/mol. The quantitative estimate of drug-likeness (QED) is 0.0262. The zero-order chi connectivity index (χ0) is 51.4. The van der Waals surface area contributed by atoms with Crippen molar-refractivity contribution in [2.75, 3.05) is 13.2 Å². The Morgan fingerprint density at radius 3 is 0.944 bits per heavy atom. The number of ether oxygens (including phenoxy) is 3. The van der Waals surface area contributed by atoms with Gasteiger partial charge in [0.1, 0.15) is 13.2 Å². The molecular formula is C65H104O6. The maximum Gasteiger partial charge on any atom is 0.310 e. The van der Waals surface area contributed by atoms with Crippen molar-refractivity contribution in [1.29, 1.82) is 0 Å². The van der Waals surface area contributed by atoms with Gasteiger partial charge in [0.15, 0.2) is 6.10 Å². The Morgan fingerprint density at radius 1 is 0.310 bits per heavy atom. The monoisotopic (exact) mass is 981 g/mol. The van der Waals surface area contributed by atoms with E-state index < -0.39 is 12.1 Å². The lowest BCUT2D eigenvalue weighted by Gasteiger charge is -2.18. The molecule has 0 aromatic rings. The minimum atomic E-state index is -0.843. The molecule has 6 heteroatoms. The fourth-order valence-corrected chi connectivity index (χ4v) is 7.42. The lowest BCUT2D eigenvalue weighted by molar-refractivity contribution is -0.166. The van der Waals surface area contributed by atoms with Gasteiger partial charge in [-0.1, -0.05) is 238 Å². The summed E-state index contributed by atoms with van der Waals surface area (Å²) in [6, 6.07) is 0. The third-order valence-electron chi connectivity index (χ3n) is 11.7. The van der Waals surface area contributed by atoms with Crippen molar-refractivity contribution in [3.8, 4) is 0 Å². The second kappa shape index (κ2) is 58.1. The van der Waals surface area contributed by atoms with Crippen LogP contribution in [0.25, 0.3) is 0 Å². The van der Waals surface area contributed by atoms with E-state index in [9.17, 15) is 14.4 Å². The number of rotatable bonds is 50. The van der Waals surface area contributed by atoms with Crippen molar-refractivity contribution in [3.63, 3.8) is 0 Å². The van der Waals surface area contributed by atoms with E-state index in [1.807, 2.05) is 6.08 Å². The molecule has 0 aliphatic rings. The first-order valence-electron chi connectivity index (χ1n) is 28.7. The van der Waals surface area contributed by atoms with Crippen LogP contribution in [-0.4, -0.2) is 37.2 Å². The lowest BCUT2D eigenvalue weighted by Crippen LogP contribution is -2.30. The maximum atomic E-state index is 12.8. The van der Waals surface area contributed by atoms with E-state index in [-0.39, 0.29) is 31.6 Å². The zero-order valence-electron chi connectivity index (χ0n) is 45.7. The van der Waals surface area contributed by atoms with Crippen molar-refractivity contribution in [1.82, 2.24) is 0 Å². The third-order valence-corrected chi connectivity index (χ3v) is 11.7. The molecule has 0 N–H and O–H groups in total. The lowest BCUT2D eigenvalue weighted by atomic mass is 10.1. The Labute approximate surface area is 436 Å². The molecule has 6 nitrogen and oxygen atoms in total. The topological polar surface area (TPSA) is 78.9 Å². The SMILES string of the molecule is CC/C=C\C/C=C\C/C=C\C/C=C\C/C=C\CCCCCCCCCCCC(=O)OCC(COC(=O)CCCCCCC/C=C\CCCCCC)OC(=O)C/C=C\C/C=C\C/C=C\C/C=C\C/C=C\CC. The number of allylic oxidation sites excluding steroid dienone is 21. The zero-order valence-corrected chi connectivity index (χ0v) is 45.7. The summed E-state index contributed by atoms with van der Waals surface area (Å²) < 4.78 is 16.7. The number of carbonyl (C=O) groups excluding carboxylic acids is 3. The minimum absolute atomic E-state index is 0.0891. The number of carbonyl (C=O) groups is 3. The van der Waals surface area contributed by atoms with Crippen LogP contribution in [0.15, 0.2) is 134 Å². The number of hydrogen-bond donors (Lipinski definition) is 0. The van der Waals surface area contributed by atoms with E-state index in [1.54, 1.807) is 6.08 Å². The van der Waals surface area contributed by atoms with Gasteiger partial charge in [-0.2, -0.15) is 0 Å². The molecule has 71 heavy (non-hydrogen) atoms. The van der Waals surface area contributed by atoms with Gasteiger partial charge in [-0.05, 0) is 116 Å². The largest absolute Gasteiger partial charge is 0.462 e. The first-order chi connectivity index (χ1) is 35.0. The summed E-state index contributed by atoms with van der Waals surface area (Å²) in [5, 5.41) is 0. The van der Waals surface area contributed by atoms with Crippen LogP contribution in [0.2, 0.25) is 0 Å². The molecule has 0 aliphatic heterocycles. The van der Waals surface area contributed by atoms with Crippen molar-refractivity contribution in [2.45, 2.75) is 245 Å². The third kappa shape index (κ3) is 56.3. The Kier molecular flexibility index (Phi) is 54.5. The Balaban J connectivity index is 4.43. The number of hydrogen-bond acceptors (Lipinski definition) is 6. The first kappa shape index (κ1) is 66.6. The van der Waals surface area contributed by atoms with Gasteiger partial charge in [-0.3, -0.25) is 14.4 Å². The van der Waals surface area contributed by atoms with Crippen LogP contribution in [-0.2, 0) is 28.6 Å². The standard InChI is InChI=1S/C65H104O6/c1-4-7-10-13-16-19-22-25-27-28-29-30-31-32-33-34-35-36-38-40-43-46-49-52-55-58-64(67)70-61-62(60-69-63(66)57-54-51-48-45-42-39-24-21-18-15-12-9-6-3)71-65(68)59-56-53-50-47-44-41-37-26-23-20-17-14-11-8-5-2/h7-8,10-11,16-17,19-21,24-27,29-30,32-33,37,44,47,53,56,62H,4-6,9,12-15,18,22-23,28,31,34-36,38-43,45-46,48-52,54-55,57-61H2,1-3H3/b10-7-,11-8-,19-16-,20-17-,24-21-,27-25-,30-29-,33-32-,37-26-,47-44-,56-53-. The van der Waals surface area contributed by atoms with Gasteiger partial charge in [0.2, 0.25) is 0 Å². The van der Waals surface area contributed by atoms with Crippen molar-refractivity contribution in [2.24, 2.45) is 0 Å². The fourth-order valence-electron chi connectivity index (χ4n) is 7.42. The van der Waals surface area contributed by atoms with E-state index in [2.05, 4.69) is 142 Å². The molecule has 400 valence electrons. The van der Waals surface area contributed by atoms with Crippen molar-refractivity contribution < 1.29 is 28.6 Å². The van der Waals surface area contributed by atoms with Crippen LogP contribution < -0.4 is 0 Å². The van der Waals surface area contributed by atoms with Gasteiger partial charge >= 0.3 is 17.9 Å². The highest BCUT2D eigenvalue weighted by molar-refractivity contribution is 5.72. The molecule has 0 spiro atoms. The Bertz CT molecular complexity index is 1550. The van der Waals surface area contributed by atoms with E-state index in [0.717, 1.165) is 116 Å². The fraction of sp³-hybridized carbons (Fsp3) is 0.615. The molecule has 0 fully saturated rings. The first-order valence-corrected chi connectivity index (χ1v) is 28.7. The van der Waals surface area contributed by atoms with Gasteiger partial charge in [0.05, 0.1) is 6.42 Å². The average Bonchev–Trinajstić information content (AvgIpc) is 3.37. The highest BCUT2D eigenvalue weighted by Gasteiger charge is 2.19. The average molecular weight is 982 g/mol. The molecule has 0 saturated heterocycles. The highest BCUT2D eigenvalue weighted by atomic mass is 16.6. The van der Waals surface area contributed by atoms with Gasteiger partial charge in [0, 0.05) is 12.8 Å². The second-order valence-electron chi connectivity index (χ2n) is 18.4. The molecule has 0 aliphatic carbocycles. The van der Waals surface area contributed by atoms with Gasteiger partial charge in [-0.25, -0.2) is 0 Å². The number of esters is 3. The normalized spacial score (nSPS) is 13.1. The van der Waals surface area contributed by atoms with E-state index in [0.29, 0.717) is 19.3 Å². The Hall–Kier alpha value is -4.45. The predicted octanol–water partition coefficient (Wildman–Crippen LogP) is 19.4. The highest BCUT2D eigenvalue weighted by Crippen LogP contribution is 2.14. The molecule has 0 heterocycles. The molecule has 0 rings (SSSR count). The molecule has 1 unspecified atom stereocenters. The summed E-state index contributed by atoms with van der Waals surface area (Å²) in [7, 11) is 0. The van der Waals surface area contributed by atoms with Gasteiger partial charge < -0.3 is 14.2 Å². The van der Waals surface area contributed by atoms with Crippen LogP contribution in [0.5, 0.6) is 0 Å². The molecule has 0 saturated carbocycles.